The van der Waals surface area contributed by atoms with Gasteiger partial charge in [-0.15, -0.1) is 0 Å². The van der Waals surface area contributed by atoms with E-state index in [1.165, 1.54) is 12.1 Å². The molecule has 1 fully saturated rings. The lowest BCUT2D eigenvalue weighted by atomic mass is 9.82. The lowest BCUT2D eigenvalue weighted by Crippen LogP contribution is -2.48. The average Bonchev–Trinajstić information content (AvgIpc) is 2.72. The second-order valence-electron chi connectivity index (χ2n) is 8.49. The van der Waals surface area contributed by atoms with Gasteiger partial charge in [-0.3, -0.25) is 14.6 Å². The molecule has 7 N–H and O–H groups in total. The molecule has 0 spiro atoms. The minimum atomic E-state index is -3.64. The van der Waals surface area contributed by atoms with Crippen LogP contribution in [0, 0.1) is 0 Å². The van der Waals surface area contributed by atoms with Gasteiger partial charge in [-0.25, -0.2) is 8.42 Å². The van der Waals surface area contributed by atoms with Crippen molar-refractivity contribution in [2.75, 3.05) is 17.2 Å². The number of nitrogens with zero attached hydrogens (tertiary/aromatic N) is 1. The number of primary amides is 1. The Labute approximate surface area is 187 Å². The number of nitrogens with two attached hydrogens (primary N) is 2. The van der Waals surface area contributed by atoms with Gasteiger partial charge in [-0.05, 0) is 38.8 Å². The Morgan fingerprint density at radius 1 is 1.22 bits per heavy atom. The van der Waals surface area contributed by atoms with Crippen LogP contribution in [-0.4, -0.2) is 41.6 Å². The first-order valence-electron chi connectivity index (χ1n) is 10.6. The molecule has 0 unspecified atom stereocenters. The van der Waals surface area contributed by atoms with Gasteiger partial charge in [0.1, 0.15) is 5.56 Å². The third-order valence-corrected chi connectivity index (χ3v) is 7.90. The maximum Gasteiger partial charge on any atom is 0.267 e. The largest absolute Gasteiger partial charge is 0.365 e. The molecule has 1 amide bonds. The average molecular weight is 463 g/mol. The highest BCUT2D eigenvalue weighted by atomic mass is 32.2. The minimum absolute atomic E-state index is 0.0325. The summed E-state index contributed by atoms with van der Waals surface area (Å²) < 4.78 is 25.5. The zero-order valence-corrected chi connectivity index (χ0v) is 19.1. The number of sulfone groups is 1. The Morgan fingerprint density at radius 3 is 2.50 bits per heavy atom. The van der Waals surface area contributed by atoms with Crippen LogP contribution in [0.1, 0.15) is 56.3 Å². The quantitative estimate of drug-likeness (QED) is 0.395. The van der Waals surface area contributed by atoms with Crippen molar-refractivity contribution in [3.8, 4) is 0 Å². The SMILES string of the molecule is CC(C)S(=O)(=O)c1ccccc1Nc1nc(NCC2(N)CCCCC2)[nH]c(=O)c1C(N)=O. The Hall–Kier alpha value is -2.92. The van der Waals surface area contributed by atoms with Gasteiger partial charge in [0, 0.05) is 12.1 Å². The van der Waals surface area contributed by atoms with Gasteiger partial charge in [-0.2, -0.15) is 4.98 Å². The maximum absolute atomic E-state index is 12.8. The molecule has 174 valence electrons. The van der Waals surface area contributed by atoms with Crippen molar-refractivity contribution in [2.24, 2.45) is 11.5 Å². The van der Waals surface area contributed by atoms with Crippen molar-refractivity contribution in [2.45, 2.75) is 61.6 Å². The fourth-order valence-electron chi connectivity index (χ4n) is 3.77. The molecule has 1 aromatic carbocycles. The summed E-state index contributed by atoms with van der Waals surface area (Å²) in [6.07, 6.45) is 4.94. The van der Waals surface area contributed by atoms with Crippen molar-refractivity contribution in [1.82, 2.24) is 9.97 Å². The molecule has 1 aliphatic carbocycles. The van der Waals surface area contributed by atoms with Crippen LogP contribution in [0.2, 0.25) is 0 Å². The van der Waals surface area contributed by atoms with E-state index in [1.807, 2.05) is 0 Å². The predicted octanol–water partition coefficient (Wildman–Crippen LogP) is 1.87. The number of amides is 1. The van der Waals surface area contributed by atoms with E-state index in [2.05, 4.69) is 20.6 Å². The highest BCUT2D eigenvalue weighted by Crippen LogP contribution is 2.29. The molecule has 0 atom stereocenters. The van der Waals surface area contributed by atoms with E-state index < -0.39 is 37.7 Å². The summed E-state index contributed by atoms with van der Waals surface area (Å²) in [4.78, 5) is 31.4. The Kier molecular flexibility index (Phi) is 6.89. The first-order chi connectivity index (χ1) is 15.0. The smallest absolute Gasteiger partial charge is 0.267 e. The molecule has 1 aromatic heterocycles. The Bertz CT molecular complexity index is 1150. The number of H-pyrrole nitrogens is 1. The van der Waals surface area contributed by atoms with Crippen molar-refractivity contribution < 1.29 is 13.2 Å². The topological polar surface area (TPSA) is 173 Å². The molecule has 10 nitrogen and oxygen atoms in total. The fraction of sp³-hybridized carbons (Fsp3) is 0.476. The van der Waals surface area contributed by atoms with E-state index in [9.17, 15) is 18.0 Å². The van der Waals surface area contributed by atoms with E-state index in [-0.39, 0.29) is 22.3 Å². The standard InChI is InChI=1S/C21H30N6O4S/c1-13(2)32(30,31)15-9-5-4-8-14(15)25-18-16(17(22)28)19(29)27-20(26-18)24-12-21(23)10-6-3-7-11-21/h4-5,8-9,13H,3,6-7,10-12,23H2,1-2H3,(H2,22,28)(H3,24,25,26,27,29). The molecule has 1 aliphatic rings. The highest BCUT2D eigenvalue weighted by molar-refractivity contribution is 7.92. The molecular weight excluding hydrogens is 432 g/mol. The molecule has 2 aromatic rings. The first kappa shape index (κ1) is 23.7. The summed E-state index contributed by atoms with van der Waals surface area (Å²) in [6, 6.07) is 6.22. The molecule has 3 rings (SSSR count). The number of benzene rings is 1. The zero-order valence-electron chi connectivity index (χ0n) is 18.3. The zero-order chi connectivity index (χ0) is 23.5. The van der Waals surface area contributed by atoms with Gasteiger partial charge in [0.15, 0.2) is 15.7 Å². The van der Waals surface area contributed by atoms with Gasteiger partial charge < -0.3 is 22.1 Å². The van der Waals surface area contributed by atoms with E-state index in [0.29, 0.717) is 6.54 Å². The van der Waals surface area contributed by atoms with Gasteiger partial charge in [-0.1, -0.05) is 31.4 Å². The Balaban J connectivity index is 1.98. The summed E-state index contributed by atoms with van der Waals surface area (Å²) in [5.74, 6) is -1.01. The number of aromatic nitrogens is 2. The monoisotopic (exact) mass is 462 g/mol. The van der Waals surface area contributed by atoms with Crippen LogP contribution in [0.3, 0.4) is 0 Å². The number of carbonyl (C=O) groups is 1. The van der Waals surface area contributed by atoms with Crippen LogP contribution < -0.4 is 27.7 Å². The molecule has 1 heterocycles. The number of hydrogen-bond donors (Lipinski definition) is 5. The van der Waals surface area contributed by atoms with Gasteiger partial charge in [0.2, 0.25) is 5.95 Å². The number of anilines is 3. The first-order valence-corrected chi connectivity index (χ1v) is 12.1. The molecule has 0 bridgehead atoms. The summed E-state index contributed by atoms with van der Waals surface area (Å²) in [5.41, 5.74) is 10.5. The molecule has 1 saturated carbocycles. The lowest BCUT2D eigenvalue weighted by Gasteiger charge is -2.33. The number of nitrogens with one attached hydrogen (secondary N) is 3. The van der Waals surface area contributed by atoms with E-state index in [4.69, 9.17) is 11.5 Å². The van der Waals surface area contributed by atoms with Gasteiger partial charge >= 0.3 is 0 Å². The minimum Gasteiger partial charge on any atom is -0.365 e. The normalized spacial score (nSPS) is 16.0. The number of rotatable bonds is 8. The summed E-state index contributed by atoms with van der Waals surface area (Å²) in [5, 5.41) is 5.21. The van der Waals surface area contributed by atoms with E-state index in [0.717, 1.165) is 32.1 Å². The van der Waals surface area contributed by atoms with Gasteiger partial charge in [0.25, 0.3) is 11.5 Å². The summed E-state index contributed by atoms with van der Waals surface area (Å²) >= 11 is 0. The van der Waals surface area contributed by atoms with Crippen molar-refractivity contribution in [1.29, 1.82) is 0 Å². The van der Waals surface area contributed by atoms with Crippen LogP contribution in [0.15, 0.2) is 34.0 Å². The van der Waals surface area contributed by atoms with Crippen LogP contribution in [0.4, 0.5) is 17.5 Å². The number of aromatic amines is 1. The third-order valence-electron chi connectivity index (χ3n) is 5.69. The van der Waals surface area contributed by atoms with Crippen LogP contribution >= 0.6 is 0 Å². The third kappa shape index (κ3) is 5.10. The molecule has 11 heteroatoms. The van der Waals surface area contributed by atoms with E-state index >= 15 is 0 Å². The van der Waals surface area contributed by atoms with Crippen LogP contribution in [0.25, 0.3) is 0 Å². The van der Waals surface area contributed by atoms with Crippen LogP contribution in [0.5, 0.6) is 0 Å². The lowest BCUT2D eigenvalue weighted by molar-refractivity contribution is 0.0999. The molecule has 0 aliphatic heterocycles. The molecular formula is C21H30N6O4S. The number of para-hydroxylation sites is 1. The molecule has 0 radical (unpaired) electrons. The highest BCUT2D eigenvalue weighted by Gasteiger charge is 2.28. The number of hydrogen-bond acceptors (Lipinski definition) is 8. The van der Waals surface area contributed by atoms with Crippen molar-refractivity contribution in [3.05, 3.63) is 40.2 Å². The second-order valence-corrected chi connectivity index (χ2v) is 11.0. The molecule has 32 heavy (non-hydrogen) atoms. The fourth-order valence-corrected chi connectivity index (χ4v) is 4.97. The predicted molar refractivity (Wildman–Crippen MR) is 124 cm³/mol. The summed E-state index contributed by atoms with van der Waals surface area (Å²) in [6.45, 7) is 3.54. The number of carbonyl (C=O) groups excluding carboxylic acids is 1. The van der Waals surface area contributed by atoms with Gasteiger partial charge in [0.05, 0.1) is 15.8 Å². The van der Waals surface area contributed by atoms with Crippen molar-refractivity contribution in [3.63, 3.8) is 0 Å². The second kappa shape index (κ2) is 9.29. The maximum atomic E-state index is 12.8. The Morgan fingerprint density at radius 2 is 1.88 bits per heavy atom. The van der Waals surface area contributed by atoms with Crippen LogP contribution in [-0.2, 0) is 9.84 Å². The summed E-state index contributed by atoms with van der Waals surface area (Å²) in [7, 11) is -3.64. The van der Waals surface area contributed by atoms with E-state index in [1.54, 1.807) is 26.0 Å². The molecule has 0 saturated heterocycles. The van der Waals surface area contributed by atoms with Crippen molar-refractivity contribution >= 4 is 33.2 Å².